The fraction of sp³-hybridized carbons (Fsp3) is 0.833. The minimum atomic E-state index is -0.258. The molecule has 0 heterocycles. The molecule has 0 radical (unpaired) electrons. The van der Waals surface area contributed by atoms with Gasteiger partial charge in [0, 0.05) is 5.57 Å². The lowest BCUT2D eigenvalue weighted by atomic mass is 9.96. The summed E-state index contributed by atoms with van der Waals surface area (Å²) in [7, 11) is 0. The van der Waals surface area contributed by atoms with Crippen LogP contribution < -0.4 is 0 Å². The summed E-state index contributed by atoms with van der Waals surface area (Å²) in [6, 6.07) is 0. The molecule has 0 aliphatic heterocycles. The Hall–Kier alpha value is -0.790. The largest absolute Gasteiger partial charge is 0.462 e. The predicted molar refractivity (Wildman–Crippen MR) is 86.8 cm³/mol. The Balaban J connectivity index is 3.24. The highest BCUT2D eigenvalue weighted by Crippen LogP contribution is 2.17. The van der Waals surface area contributed by atoms with E-state index in [2.05, 4.69) is 20.4 Å². The third kappa shape index (κ3) is 12.3. The Bertz CT molecular complexity index is 258. The number of carbonyl (C=O) groups excluding carboxylic acids is 1. The average molecular weight is 282 g/mol. The van der Waals surface area contributed by atoms with Crippen LogP contribution in [0.25, 0.3) is 0 Å². The summed E-state index contributed by atoms with van der Waals surface area (Å²) < 4.78 is 5.06. The Kier molecular flexibility index (Phi) is 12.7. The van der Waals surface area contributed by atoms with Crippen molar-refractivity contribution in [3.8, 4) is 0 Å². The smallest absolute Gasteiger partial charge is 0.333 e. The quantitative estimate of drug-likeness (QED) is 0.247. The molecule has 0 aromatic heterocycles. The van der Waals surface area contributed by atoms with E-state index in [1.165, 1.54) is 51.4 Å². The van der Waals surface area contributed by atoms with Crippen LogP contribution in [-0.4, -0.2) is 12.6 Å². The lowest BCUT2D eigenvalue weighted by Crippen LogP contribution is -2.06. The maximum absolute atomic E-state index is 11.1. The molecule has 0 aliphatic carbocycles. The van der Waals surface area contributed by atoms with Gasteiger partial charge in [-0.15, -0.1) is 0 Å². The van der Waals surface area contributed by atoms with Crippen LogP contribution in [0.15, 0.2) is 12.2 Å². The van der Waals surface area contributed by atoms with Crippen molar-refractivity contribution in [2.75, 3.05) is 6.61 Å². The highest BCUT2D eigenvalue weighted by Gasteiger charge is 2.03. The van der Waals surface area contributed by atoms with Crippen LogP contribution in [0.4, 0.5) is 0 Å². The minimum Gasteiger partial charge on any atom is -0.462 e. The summed E-state index contributed by atoms with van der Waals surface area (Å²) in [5.41, 5.74) is 0.488. The number of carbonyl (C=O) groups is 1. The van der Waals surface area contributed by atoms with Gasteiger partial charge in [0.15, 0.2) is 0 Å². The minimum absolute atomic E-state index is 0.258. The molecule has 2 heteroatoms. The van der Waals surface area contributed by atoms with E-state index in [1.807, 2.05) is 0 Å². The van der Waals surface area contributed by atoms with Gasteiger partial charge in [0.1, 0.15) is 0 Å². The van der Waals surface area contributed by atoms with E-state index in [0.717, 1.165) is 18.8 Å². The van der Waals surface area contributed by atoms with Crippen LogP contribution in [-0.2, 0) is 9.53 Å². The monoisotopic (exact) mass is 282 g/mol. The lowest BCUT2D eigenvalue weighted by molar-refractivity contribution is -0.139. The summed E-state index contributed by atoms with van der Waals surface area (Å²) in [6.45, 7) is 10.4. The molecular formula is C18H34O2. The second-order valence-corrected chi connectivity index (χ2v) is 6.07. The fourth-order valence-corrected chi connectivity index (χ4v) is 2.30. The van der Waals surface area contributed by atoms with Crippen LogP contribution in [0.3, 0.4) is 0 Å². The molecule has 1 atom stereocenters. The predicted octanol–water partition coefficient (Wildman–Crippen LogP) is 5.66. The SMILES string of the molecule is C=C(C)C(=O)OCCCCCCCC(C)CCCCC. The fourth-order valence-electron chi connectivity index (χ4n) is 2.30. The first-order valence-corrected chi connectivity index (χ1v) is 8.40. The van der Waals surface area contributed by atoms with Gasteiger partial charge < -0.3 is 4.74 Å². The Morgan fingerprint density at radius 3 is 2.15 bits per heavy atom. The highest BCUT2D eigenvalue weighted by atomic mass is 16.5. The zero-order valence-electron chi connectivity index (χ0n) is 13.9. The summed E-state index contributed by atoms with van der Waals surface area (Å²) in [5.74, 6) is 0.629. The molecule has 0 aromatic carbocycles. The first-order valence-electron chi connectivity index (χ1n) is 8.40. The summed E-state index contributed by atoms with van der Waals surface area (Å²) in [4.78, 5) is 11.1. The molecule has 0 N–H and O–H groups in total. The van der Waals surface area contributed by atoms with Gasteiger partial charge in [-0.1, -0.05) is 78.2 Å². The second-order valence-electron chi connectivity index (χ2n) is 6.07. The molecule has 0 saturated carbocycles. The van der Waals surface area contributed by atoms with Gasteiger partial charge >= 0.3 is 5.97 Å². The lowest BCUT2D eigenvalue weighted by Gasteiger charge is -2.10. The molecule has 0 rings (SSSR count). The van der Waals surface area contributed by atoms with Crippen LogP contribution in [0.1, 0.15) is 85.0 Å². The molecule has 0 aromatic rings. The molecule has 0 bridgehead atoms. The van der Waals surface area contributed by atoms with Crippen LogP contribution >= 0.6 is 0 Å². The molecule has 0 spiro atoms. The van der Waals surface area contributed by atoms with Gasteiger partial charge in [0.2, 0.25) is 0 Å². The van der Waals surface area contributed by atoms with Gasteiger partial charge in [0.25, 0.3) is 0 Å². The van der Waals surface area contributed by atoms with E-state index in [-0.39, 0.29) is 5.97 Å². The Morgan fingerprint density at radius 1 is 1.00 bits per heavy atom. The van der Waals surface area contributed by atoms with Gasteiger partial charge in [-0.3, -0.25) is 0 Å². The van der Waals surface area contributed by atoms with Crippen molar-refractivity contribution in [2.45, 2.75) is 85.0 Å². The maximum atomic E-state index is 11.1. The van der Waals surface area contributed by atoms with Crippen molar-refractivity contribution in [3.63, 3.8) is 0 Å². The zero-order valence-corrected chi connectivity index (χ0v) is 13.9. The van der Waals surface area contributed by atoms with Crippen molar-refractivity contribution in [1.82, 2.24) is 0 Å². The molecule has 0 aliphatic rings. The highest BCUT2D eigenvalue weighted by molar-refractivity contribution is 5.86. The summed E-state index contributed by atoms with van der Waals surface area (Å²) in [6.07, 6.45) is 12.9. The van der Waals surface area contributed by atoms with E-state index in [4.69, 9.17) is 4.74 Å². The zero-order chi connectivity index (χ0) is 15.2. The van der Waals surface area contributed by atoms with Crippen LogP contribution in [0.2, 0.25) is 0 Å². The van der Waals surface area contributed by atoms with Gasteiger partial charge in [-0.05, 0) is 19.3 Å². The van der Waals surface area contributed by atoms with Crippen molar-refractivity contribution in [1.29, 1.82) is 0 Å². The van der Waals surface area contributed by atoms with E-state index in [0.29, 0.717) is 12.2 Å². The molecule has 0 fully saturated rings. The summed E-state index contributed by atoms with van der Waals surface area (Å²) in [5, 5.41) is 0. The van der Waals surface area contributed by atoms with Crippen molar-refractivity contribution < 1.29 is 9.53 Å². The van der Waals surface area contributed by atoms with Gasteiger partial charge in [-0.2, -0.15) is 0 Å². The number of unbranched alkanes of at least 4 members (excludes halogenated alkanes) is 6. The number of hydrogen-bond donors (Lipinski definition) is 0. The third-order valence-electron chi connectivity index (χ3n) is 3.72. The molecule has 20 heavy (non-hydrogen) atoms. The van der Waals surface area contributed by atoms with E-state index >= 15 is 0 Å². The van der Waals surface area contributed by atoms with E-state index < -0.39 is 0 Å². The molecule has 0 saturated heterocycles. The first kappa shape index (κ1) is 19.2. The van der Waals surface area contributed by atoms with Gasteiger partial charge in [-0.25, -0.2) is 4.79 Å². The summed E-state index contributed by atoms with van der Waals surface area (Å²) >= 11 is 0. The van der Waals surface area contributed by atoms with E-state index in [9.17, 15) is 4.79 Å². The second kappa shape index (κ2) is 13.2. The van der Waals surface area contributed by atoms with Gasteiger partial charge in [0.05, 0.1) is 6.61 Å². The van der Waals surface area contributed by atoms with Crippen LogP contribution in [0, 0.1) is 5.92 Å². The Labute approximate surface area is 126 Å². The molecule has 1 unspecified atom stereocenters. The van der Waals surface area contributed by atoms with E-state index in [1.54, 1.807) is 6.92 Å². The third-order valence-corrected chi connectivity index (χ3v) is 3.72. The van der Waals surface area contributed by atoms with Crippen molar-refractivity contribution in [3.05, 3.63) is 12.2 Å². The normalized spacial score (nSPS) is 12.2. The Morgan fingerprint density at radius 2 is 1.55 bits per heavy atom. The van der Waals surface area contributed by atoms with Crippen molar-refractivity contribution >= 4 is 5.97 Å². The molecular weight excluding hydrogens is 248 g/mol. The maximum Gasteiger partial charge on any atom is 0.333 e. The average Bonchev–Trinajstić information content (AvgIpc) is 2.41. The number of ether oxygens (including phenoxy) is 1. The molecule has 118 valence electrons. The van der Waals surface area contributed by atoms with Crippen molar-refractivity contribution in [2.24, 2.45) is 5.92 Å². The number of rotatable bonds is 13. The first-order chi connectivity index (χ1) is 9.57. The number of esters is 1. The van der Waals surface area contributed by atoms with Crippen LogP contribution in [0.5, 0.6) is 0 Å². The topological polar surface area (TPSA) is 26.3 Å². The standard InChI is InChI=1S/C18H34O2/c1-5-6-10-13-17(4)14-11-8-7-9-12-15-20-18(19)16(2)3/h17H,2,5-15H2,1,3-4H3. The molecule has 2 nitrogen and oxygen atoms in total. The molecule has 0 amide bonds. The number of hydrogen-bond acceptors (Lipinski definition) is 2.